The van der Waals surface area contributed by atoms with E-state index >= 15 is 0 Å². The molecule has 0 N–H and O–H groups in total. The van der Waals surface area contributed by atoms with Crippen LogP contribution in [0.2, 0.25) is 0 Å². The van der Waals surface area contributed by atoms with Crippen LogP contribution in [0.5, 0.6) is 5.75 Å². The van der Waals surface area contributed by atoms with Gasteiger partial charge in [-0.25, -0.2) is 16.8 Å². The molecule has 1 aromatic heterocycles. The van der Waals surface area contributed by atoms with Crippen LogP contribution in [0.3, 0.4) is 0 Å². The van der Waals surface area contributed by atoms with Gasteiger partial charge in [0.05, 0.1) is 11.5 Å². The average molecular weight is 468 g/mol. The minimum Gasteiger partial charge on any atom is -0.494 e. The predicted octanol–water partition coefficient (Wildman–Crippen LogP) is 1.18. The monoisotopic (exact) mass is 467 g/mol. The lowest BCUT2D eigenvalue weighted by atomic mass is 10.2. The summed E-state index contributed by atoms with van der Waals surface area (Å²) in [7, 11) is -6.85. The fourth-order valence-corrected chi connectivity index (χ4v) is 5.20. The maximum atomic E-state index is 12.6. The van der Waals surface area contributed by atoms with Gasteiger partial charge in [0.1, 0.15) is 10.6 Å². The summed E-state index contributed by atoms with van der Waals surface area (Å²) in [6.07, 6.45) is 4.77. The number of rotatable bonds is 8. The van der Waals surface area contributed by atoms with Crippen molar-refractivity contribution in [3.63, 3.8) is 0 Å². The summed E-state index contributed by atoms with van der Waals surface area (Å²) >= 11 is 0. The second kappa shape index (κ2) is 9.75. The Hall–Kier alpha value is -2.50. The van der Waals surface area contributed by atoms with E-state index in [9.17, 15) is 21.6 Å². The molecule has 1 saturated heterocycles. The number of aromatic nitrogens is 1. The number of piperazine rings is 1. The first kappa shape index (κ1) is 23.2. The van der Waals surface area contributed by atoms with Crippen LogP contribution in [0, 0.1) is 0 Å². The number of sulfone groups is 1. The number of carbonyl (C=O) groups excluding carboxylic acids is 1. The van der Waals surface area contributed by atoms with Crippen molar-refractivity contribution in [2.45, 2.75) is 22.6 Å². The molecule has 0 spiro atoms. The van der Waals surface area contributed by atoms with Gasteiger partial charge in [0, 0.05) is 51.2 Å². The highest BCUT2D eigenvalue weighted by Gasteiger charge is 2.30. The van der Waals surface area contributed by atoms with Crippen LogP contribution in [0.4, 0.5) is 0 Å². The SMILES string of the molecule is CS(=O)(=O)c1ccc(OCCCC(=O)N2CCN(S(=O)(=O)c3cccnc3)CC2)cc1. The van der Waals surface area contributed by atoms with Crippen LogP contribution >= 0.6 is 0 Å². The molecule has 0 atom stereocenters. The lowest BCUT2D eigenvalue weighted by molar-refractivity contribution is -0.132. The summed E-state index contributed by atoms with van der Waals surface area (Å²) in [5.74, 6) is 0.489. The molecule has 2 heterocycles. The molecule has 1 fully saturated rings. The largest absolute Gasteiger partial charge is 0.494 e. The Morgan fingerprint density at radius 2 is 1.68 bits per heavy atom. The molecule has 31 heavy (non-hydrogen) atoms. The first-order chi connectivity index (χ1) is 14.7. The number of amides is 1. The Morgan fingerprint density at radius 1 is 1.00 bits per heavy atom. The predicted molar refractivity (Wildman–Crippen MR) is 114 cm³/mol. The van der Waals surface area contributed by atoms with Crippen LogP contribution in [-0.4, -0.2) is 76.0 Å². The van der Waals surface area contributed by atoms with E-state index in [0.29, 0.717) is 31.9 Å². The van der Waals surface area contributed by atoms with Gasteiger partial charge in [-0.15, -0.1) is 0 Å². The maximum absolute atomic E-state index is 12.6. The van der Waals surface area contributed by atoms with E-state index in [-0.39, 0.29) is 35.2 Å². The minimum atomic E-state index is -3.60. The van der Waals surface area contributed by atoms with Crippen molar-refractivity contribution in [3.05, 3.63) is 48.8 Å². The van der Waals surface area contributed by atoms with Crippen molar-refractivity contribution in [1.29, 1.82) is 0 Å². The number of hydrogen-bond acceptors (Lipinski definition) is 7. The van der Waals surface area contributed by atoms with E-state index in [1.54, 1.807) is 23.1 Å². The molecule has 11 heteroatoms. The molecule has 2 aromatic rings. The first-order valence-electron chi connectivity index (χ1n) is 9.79. The Morgan fingerprint density at radius 3 is 2.26 bits per heavy atom. The standard InChI is InChI=1S/C20H25N3O6S2/c1-30(25,26)18-8-6-17(7-9-18)29-15-3-5-20(24)22-11-13-23(14-12-22)31(27,28)19-4-2-10-21-16-19/h2,4,6-10,16H,3,5,11-15H2,1H3. The zero-order valence-corrected chi connectivity index (χ0v) is 18.8. The zero-order valence-electron chi connectivity index (χ0n) is 17.2. The summed E-state index contributed by atoms with van der Waals surface area (Å²) in [5.41, 5.74) is 0. The molecule has 0 radical (unpaired) electrons. The van der Waals surface area contributed by atoms with Gasteiger partial charge in [0.25, 0.3) is 0 Å². The van der Waals surface area contributed by atoms with Crippen LogP contribution in [0.25, 0.3) is 0 Å². The number of sulfonamides is 1. The maximum Gasteiger partial charge on any atom is 0.244 e. The van der Waals surface area contributed by atoms with Crippen molar-refractivity contribution in [3.8, 4) is 5.75 Å². The lowest BCUT2D eigenvalue weighted by Gasteiger charge is -2.34. The highest BCUT2D eigenvalue weighted by Crippen LogP contribution is 2.18. The van der Waals surface area contributed by atoms with E-state index in [0.717, 1.165) is 6.26 Å². The normalized spacial score (nSPS) is 15.6. The van der Waals surface area contributed by atoms with Crippen LogP contribution < -0.4 is 4.74 Å². The molecule has 3 rings (SSSR count). The van der Waals surface area contributed by atoms with Crippen molar-refractivity contribution in [2.75, 3.05) is 39.0 Å². The van der Waals surface area contributed by atoms with Gasteiger partial charge >= 0.3 is 0 Å². The van der Waals surface area contributed by atoms with E-state index in [1.165, 1.54) is 34.9 Å². The first-order valence-corrected chi connectivity index (χ1v) is 13.1. The van der Waals surface area contributed by atoms with Gasteiger partial charge in [-0.1, -0.05) is 0 Å². The lowest BCUT2D eigenvalue weighted by Crippen LogP contribution is -2.50. The Kier molecular flexibility index (Phi) is 7.29. The smallest absolute Gasteiger partial charge is 0.244 e. The molecule has 0 bridgehead atoms. The Bertz CT molecular complexity index is 1100. The third-order valence-corrected chi connectivity index (χ3v) is 7.93. The molecule has 9 nitrogen and oxygen atoms in total. The minimum absolute atomic E-state index is 0.0468. The summed E-state index contributed by atoms with van der Waals surface area (Å²) in [4.78, 5) is 18.3. The van der Waals surface area contributed by atoms with Crippen molar-refractivity contribution in [1.82, 2.24) is 14.2 Å². The molecule has 0 unspecified atom stereocenters. The summed E-state index contributed by atoms with van der Waals surface area (Å²) in [6.45, 7) is 1.48. The number of carbonyl (C=O) groups is 1. The number of hydrogen-bond donors (Lipinski definition) is 0. The molecular formula is C20H25N3O6S2. The van der Waals surface area contributed by atoms with Gasteiger partial charge in [0.2, 0.25) is 15.9 Å². The summed E-state index contributed by atoms with van der Waals surface area (Å²) in [6, 6.07) is 9.22. The van der Waals surface area contributed by atoms with E-state index in [2.05, 4.69) is 4.98 Å². The highest BCUT2D eigenvalue weighted by atomic mass is 32.2. The average Bonchev–Trinajstić information content (AvgIpc) is 2.77. The summed E-state index contributed by atoms with van der Waals surface area (Å²) < 4.78 is 55.1. The molecule has 1 aliphatic heterocycles. The van der Waals surface area contributed by atoms with E-state index < -0.39 is 19.9 Å². The third kappa shape index (κ3) is 6.02. The van der Waals surface area contributed by atoms with Gasteiger partial charge in [0.15, 0.2) is 9.84 Å². The molecular weight excluding hydrogens is 442 g/mol. The zero-order chi connectivity index (χ0) is 22.5. The number of benzene rings is 1. The fourth-order valence-electron chi connectivity index (χ4n) is 3.18. The number of pyridine rings is 1. The van der Waals surface area contributed by atoms with E-state index in [4.69, 9.17) is 4.74 Å². The van der Waals surface area contributed by atoms with Crippen LogP contribution in [-0.2, 0) is 24.7 Å². The van der Waals surface area contributed by atoms with E-state index in [1.807, 2.05) is 0 Å². The fraction of sp³-hybridized carbons (Fsp3) is 0.400. The van der Waals surface area contributed by atoms with Gasteiger partial charge in [-0.05, 0) is 42.8 Å². The number of nitrogens with zero attached hydrogens (tertiary/aromatic N) is 3. The Balaban J connectivity index is 1.41. The van der Waals surface area contributed by atoms with Crippen LogP contribution in [0.1, 0.15) is 12.8 Å². The summed E-state index contributed by atoms with van der Waals surface area (Å²) in [5, 5.41) is 0. The molecule has 1 amide bonds. The number of ether oxygens (including phenoxy) is 1. The third-order valence-electron chi connectivity index (χ3n) is 4.92. The molecule has 168 valence electrons. The van der Waals surface area contributed by atoms with Crippen molar-refractivity contribution < 1.29 is 26.4 Å². The highest BCUT2D eigenvalue weighted by molar-refractivity contribution is 7.90. The van der Waals surface area contributed by atoms with Crippen LogP contribution in [0.15, 0.2) is 58.6 Å². The van der Waals surface area contributed by atoms with Gasteiger partial charge in [-0.2, -0.15) is 4.31 Å². The molecule has 1 aromatic carbocycles. The molecule has 0 aliphatic carbocycles. The van der Waals surface area contributed by atoms with Gasteiger partial charge < -0.3 is 9.64 Å². The second-order valence-electron chi connectivity index (χ2n) is 7.17. The topological polar surface area (TPSA) is 114 Å². The van der Waals surface area contributed by atoms with Crippen molar-refractivity contribution in [2.24, 2.45) is 0 Å². The molecule has 0 saturated carbocycles. The second-order valence-corrected chi connectivity index (χ2v) is 11.1. The van der Waals surface area contributed by atoms with Crippen molar-refractivity contribution >= 4 is 25.8 Å². The van der Waals surface area contributed by atoms with Gasteiger partial charge in [-0.3, -0.25) is 9.78 Å². The quantitative estimate of drug-likeness (QED) is 0.536. The molecule has 1 aliphatic rings. The Labute approximate surface area is 182 Å².